The van der Waals surface area contributed by atoms with Crippen LogP contribution in [0.3, 0.4) is 0 Å². The molecule has 1 aromatic heterocycles. The van der Waals surface area contributed by atoms with Gasteiger partial charge in [0, 0.05) is 15.1 Å². The lowest BCUT2D eigenvalue weighted by molar-refractivity contribution is 1.43. The second kappa shape index (κ2) is 5.94. The van der Waals surface area contributed by atoms with E-state index in [2.05, 4.69) is 69.8 Å². The maximum atomic E-state index is 3.77. The van der Waals surface area contributed by atoms with Gasteiger partial charge in [-0.3, -0.25) is 0 Å². The first-order valence-corrected chi connectivity index (χ1v) is 8.33. The van der Waals surface area contributed by atoms with Crippen molar-refractivity contribution in [2.45, 2.75) is 20.8 Å². The first-order valence-electron chi connectivity index (χ1n) is 7.51. The van der Waals surface area contributed by atoms with Crippen molar-refractivity contribution in [3.63, 3.8) is 0 Å². The van der Waals surface area contributed by atoms with Gasteiger partial charge in [-0.2, -0.15) is 0 Å². The van der Waals surface area contributed by atoms with E-state index in [1.807, 2.05) is 23.5 Å². The van der Waals surface area contributed by atoms with Gasteiger partial charge in [0.15, 0.2) is 0 Å². The molecular formula is C21H20S. The maximum Gasteiger partial charge on any atom is 0.0433 e. The van der Waals surface area contributed by atoms with Crippen LogP contribution in [0, 0.1) is 20.8 Å². The Balaban J connectivity index is 2.35. The fourth-order valence-corrected chi connectivity index (χ4v) is 4.24. The number of benzene rings is 2. The average Bonchev–Trinajstić information content (AvgIpc) is 2.83. The summed E-state index contributed by atoms with van der Waals surface area (Å²) in [6, 6.07) is 13.1. The molecule has 22 heavy (non-hydrogen) atoms. The molecule has 1 heteroatoms. The van der Waals surface area contributed by atoms with Crippen molar-refractivity contribution < 1.29 is 0 Å². The highest BCUT2D eigenvalue weighted by Gasteiger charge is 2.14. The molecule has 0 spiro atoms. The second-order valence-corrected chi connectivity index (χ2v) is 6.69. The van der Waals surface area contributed by atoms with Gasteiger partial charge in [0.05, 0.1) is 0 Å². The number of hydrogen-bond acceptors (Lipinski definition) is 1. The third-order valence-corrected chi connectivity index (χ3v) is 5.44. The maximum absolute atomic E-state index is 3.77. The molecule has 0 aliphatic carbocycles. The molecule has 0 nitrogen and oxygen atoms in total. The Hall–Kier alpha value is -2.12. The molecule has 0 aliphatic heterocycles. The van der Waals surface area contributed by atoms with Crippen LogP contribution in [0.4, 0.5) is 0 Å². The smallest absolute Gasteiger partial charge is 0.0433 e. The van der Waals surface area contributed by atoms with Crippen LogP contribution in [0.1, 0.15) is 21.6 Å². The highest BCUT2D eigenvalue weighted by atomic mass is 32.1. The lowest BCUT2D eigenvalue weighted by Gasteiger charge is -2.10. The molecule has 0 unspecified atom stereocenters. The molecule has 3 rings (SSSR count). The Morgan fingerprint density at radius 2 is 1.73 bits per heavy atom. The Labute approximate surface area is 136 Å². The number of thiophene rings is 1. The van der Waals surface area contributed by atoms with Crippen molar-refractivity contribution in [3.8, 4) is 11.1 Å². The van der Waals surface area contributed by atoms with Crippen LogP contribution in [0.15, 0.2) is 55.1 Å². The van der Waals surface area contributed by atoms with Gasteiger partial charge in [0.1, 0.15) is 0 Å². The molecule has 2 aromatic carbocycles. The lowest BCUT2D eigenvalue weighted by atomic mass is 9.94. The summed E-state index contributed by atoms with van der Waals surface area (Å²) in [5.74, 6) is 0. The normalized spacial score (nSPS) is 11.4. The highest BCUT2D eigenvalue weighted by molar-refractivity contribution is 7.20. The fraction of sp³-hybridized carbons (Fsp3) is 0.143. The first kappa shape index (κ1) is 14.8. The molecule has 0 N–H and O–H groups in total. The SMILES string of the molecule is C=C/C=C\c1sc2c(-c3ccccc3C)c(C)ccc2c1C. The van der Waals surface area contributed by atoms with Crippen molar-refractivity contribution in [2.75, 3.05) is 0 Å². The minimum Gasteiger partial charge on any atom is -0.135 e. The zero-order valence-electron chi connectivity index (χ0n) is 13.3. The van der Waals surface area contributed by atoms with E-state index < -0.39 is 0 Å². The van der Waals surface area contributed by atoms with Crippen molar-refractivity contribution in [1.29, 1.82) is 0 Å². The first-order chi connectivity index (χ1) is 10.6. The predicted molar refractivity (Wildman–Crippen MR) is 101 cm³/mol. The second-order valence-electron chi connectivity index (χ2n) is 5.64. The number of allylic oxidation sites excluding steroid dienone is 2. The molecule has 110 valence electrons. The Bertz CT molecular complexity index is 878. The number of hydrogen-bond donors (Lipinski definition) is 0. The largest absolute Gasteiger partial charge is 0.135 e. The van der Waals surface area contributed by atoms with Gasteiger partial charge in [-0.1, -0.05) is 55.1 Å². The minimum absolute atomic E-state index is 1.32. The summed E-state index contributed by atoms with van der Waals surface area (Å²) in [5, 5.41) is 1.36. The topological polar surface area (TPSA) is 0 Å². The molecule has 3 aromatic rings. The molecule has 0 saturated heterocycles. The van der Waals surface area contributed by atoms with Gasteiger partial charge < -0.3 is 0 Å². The Morgan fingerprint density at radius 3 is 2.45 bits per heavy atom. The molecule has 0 amide bonds. The molecule has 0 radical (unpaired) electrons. The molecule has 0 saturated carbocycles. The van der Waals surface area contributed by atoms with Gasteiger partial charge in [-0.25, -0.2) is 0 Å². The van der Waals surface area contributed by atoms with E-state index in [0.29, 0.717) is 0 Å². The molecular weight excluding hydrogens is 284 g/mol. The molecule has 0 fully saturated rings. The van der Waals surface area contributed by atoms with Gasteiger partial charge in [-0.15, -0.1) is 11.3 Å². The van der Waals surface area contributed by atoms with E-state index >= 15 is 0 Å². The summed E-state index contributed by atoms with van der Waals surface area (Å²) in [7, 11) is 0. The van der Waals surface area contributed by atoms with Crippen LogP contribution in [-0.2, 0) is 0 Å². The van der Waals surface area contributed by atoms with Crippen molar-refractivity contribution in [3.05, 3.63) is 76.7 Å². The zero-order chi connectivity index (χ0) is 15.7. The van der Waals surface area contributed by atoms with Crippen molar-refractivity contribution >= 4 is 27.5 Å². The third kappa shape index (κ3) is 2.42. The number of rotatable bonds is 3. The van der Waals surface area contributed by atoms with Crippen LogP contribution < -0.4 is 0 Å². The molecule has 1 heterocycles. The predicted octanol–water partition coefficient (Wildman–Crippen LogP) is 6.69. The van der Waals surface area contributed by atoms with Crippen LogP contribution in [-0.4, -0.2) is 0 Å². The third-order valence-electron chi connectivity index (χ3n) is 4.15. The minimum atomic E-state index is 1.32. The Morgan fingerprint density at radius 1 is 0.955 bits per heavy atom. The highest BCUT2D eigenvalue weighted by Crippen LogP contribution is 2.41. The van der Waals surface area contributed by atoms with Crippen LogP contribution in [0.5, 0.6) is 0 Å². The lowest BCUT2D eigenvalue weighted by Crippen LogP contribution is -1.87. The number of fused-ring (bicyclic) bond motifs is 1. The van der Waals surface area contributed by atoms with Gasteiger partial charge in [-0.05, 0) is 54.5 Å². The standard InChI is InChI=1S/C21H20S/c1-5-6-11-19-16(4)18-13-12-15(3)20(21(18)22-19)17-10-8-7-9-14(17)2/h5-13H,1H2,2-4H3/b11-6-. The fourth-order valence-electron chi connectivity index (χ4n) is 2.90. The van der Waals surface area contributed by atoms with Gasteiger partial charge >= 0.3 is 0 Å². The average molecular weight is 304 g/mol. The molecule has 0 bridgehead atoms. The quantitative estimate of drug-likeness (QED) is 0.473. The summed E-state index contributed by atoms with van der Waals surface area (Å²) in [5.41, 5.74) is 6.73. The van der Waals surface area contributed by atoms with E-state index in [1.165, 1.54) is 42.8 Å². The van der Waals surface area contributed by atoms with E-state index in [-0.39, 0.29) is 0 Å². The number of aryl methyl sites for hydroxylation is 3. The van der Waals surface area contributed by atoms with E-state index in [1.54, 1.807) is 0 Å². The molecule has 0 aliphatic rings. The summed E-state index contributed by atoms with van der Waals surface area (Å²) < 4.78 is 1.38. The van der Waals surface area contributed by atoms with Crippen LogP contribution >= 0.6 is 11.3 Å². The van der Waals surface area contributed by atoms with Gasteiger partial charge in [0.2, 0.25) is 0 Å². The van der Waals surface area contributed by atoms with Crippen LogP contribution in [0.25, 0.3) is 27.3 Å². The summed E-state index contributed by atoms with van der Waals surface area (Å²) in [6.07, 6.45) is 6.00. The monoisotopic (exact) mass is 304 g/mol. The van der Waals surface area contributed by atoms with Gasteiger partial charge in [0.25, 0.3) is 0 Å². The van der Waals surface area contributed by atoms with E-state index in [0.717, 1.165) is 0 Å². The zero-order valence-corrected chi connectivity index (χ0v) is 14.1. The van der Waals surface area contributed by atoms with E-state index in [4.69, 9.17) is 0 Å². The summed E-state index contributed by atoms with van der Waals surface area (Å²) in [6.45, 7) is 10.4. The molecule has 0 atom stereocenters. The van der Waals surface area contributed by atoms with Crippen molar-refractivity contribution in [2.24, 2.45) is 0 Å². The van der Waals surface area contributed by atoms with Crippen molar-refractivity contribution in [1.82, 2.24) is 0 Å². The van der Waals surface area contributed by atoms with Crippen LogP contribution in [0.2, 0.25) is 0 Å². The Kier molecular flexibility index (Phi) is 4.00. The summed E-state index contributed by atoms with van der Waals surface area (Å²) in [4.78, 5) is 1.32. The van der Waals surface area contributed by atoms with E-state index in [9.17, 15) is 0 Å². The summed E-state index contributed by atoms with van der Waals surface area (Å²) >= 11 is 1.87.